The van der Waals surface area contributed by atoms with Crippen LogP contribution in [0.15, 0.2) is 29.6 Å². The molecule has 0 saturated heterocycles. The van der Waals surface area contributed by atoms with Gasteiger partial charge >= 0.3 is 0 Å². The molecule has 1 aromatic heterocycles. The molecular formula is C15H17Cl2NS. The van der Waals surface area contributed by atoms with Crippen molar-refractivity contribution in [2.24, 2.45) is 0 Å². The van der Waals surface area contributed by atoms with Crippen LogP contribution in [0.3, 0.4) is 0 Å². The molecule has 1 aromatic carbocycles. The standard InChI is InChI=1S/C15H17Cl2NS/c1-3-8-18-14(15-13(17)7-9-19-15)11-5-4-6-12(16)10(11)2/h4-7,9,14,18H,3,8H2,1-2H3. The Balaban J connectivity index is 2.43. The predicted molar refractivity (Wildman–Crippen MR) is 85.7 cm³/mol. The van der Waals surface area contributed by atoms with Gasteiger partial charge in [-0.15, -0.1) is 11.3 Å². The molecule has 19 heavy (non-hydrogen) atoms. The van der Waals surface area contributed by atoms with Gasteiger partial charge in [0.1, 0.15) is 0 Å². The van der Waals surface area contributed by atoms with E-state index < -0.39 is 0 Å². The van der Waals surface area contributed by atoms with E-state index >= 15 is 0 Å². The average Bonchev–Trinajstić information content (AvgIpc) is 2.81. The van der Waals surface area contributed by atoms with Gasteiger partial charge in [-0.05, 0) is 48.5 Å². The Morgan fingerprint density at radius 2 is 2.00 bits per heavy atom. The summed E-state index contributed by atoms with van der Waals surface area (Å²) in [4.78, 5) is 1.15. The van der Waals surface area contributed by atoms with Crippen molar-refractivity contribution in [1.82, 2.24) is 5.32 Å². The highest BCUT2D eigenvalue weighted by molar-refractivity contribution is 7.10. The molecule has 1 heterocycles. The SMILES string of the molecule is CCCNC(c1cccc(Cl)c1C)c1sccc1Cl. The lowest BCUT2D eigenvalue weighted by molar-refractivity contribution is 0.604. The summed E-state index contributed by atoms with van der Waals surface area (Å²) >= 11 is 14.2. The Bertz CT molecular complexity index is 551. The Morgan fingerprint density at radius 1 is 1.21 bits per heavy atom. The first-order valence-electron chi connectivity index (χ1n) is 6.36. The molecule has 2 rings (SSSR count). The van der Waals surface area contributed by atoms with Gasteiger partial charge in [0.05, 0.1) is 11.1 Å². The van der Waals surface area contributed by atoms with Crippen LogP contribution in [0, 0.1) is 6.92 Å². The first kappa shape index (κ1) is 14.9. The lowest BCUT2D eigenvalue weighted by Gasteiger charge is -2.21. The summed E-state index contributed by atoms with van der Waals surface area (Å²) in [6.07, 6.45) is 1.08. The van der Waals surface area contributed by atoms with Crippen LogP contribution >= 0.6 is 34.5 Å². The smallest absolute Gasteiger partial charge is 0.0689 e. The zero-order valence-electron chi connectivity index (χ0n) is 11.0. The Hall–Kier alpha value is -0.540. The normalized spacial score (nSPS) is 12.6. The Morgan fingerprint density at radius 3 is 2.63 bits per heavy atom. The predicted octanol–water partition coefficient (Wildman–Crippen LogP) is 5.45. The summed E-state index contributed by atoms with van der Waals surface area (Å²) in [5, 5.41) is 7.21. The van der Waals surface area contributed by atoms with Crippen LogP contribution in [0.25, 0.3) is 0 Å². The van der Waals surface area contributed by atoms with Crippen LogP contribution in [0.1, 0.15) is 35.4 Å². The summed E-state index contributed by atoms with van der Waals surface area (Å²) in [5.41, 5.74) is 2.31. The Kier molecular flexibility index (Phi) is 5.28. The summed E-state index contributed by atoms with van der Waals surface area (Å²) in [5.74, 6) is 0. The second-order valence-electron chi connectivity index (χ2n) is 4.47. The van der Waals surface area contributed by atoms with Gasteiger partial charge in [-0.3, -0.25) is 0 Å². The highest BCUT2D eigenvalue weighted by Crippen LogP contribution is 2.35. The van der Waals surface area contributed by atoms with E-state index in [2.05, 4.69) is 25.2 Å². The maximum absolute atomic E-state index is 6.29. The van der Waals surface area contributed by atoms with Crippen LogP contribution in [-0.4, -0.2) is 6.54 Å². The minimum atomic E-state index is 0.117. The van der Waals surface area contributed by atoms with Crippen molar-refractivity contribution in [2.45, 2.75) is 26.3 Å². The van der Waals surface area contributed by atoms with E-state index in [0.717, 1.165) is 33.5 Å². The quantitative estimate of drug-likeness (QED) is 0.773. The van der Waals surface area contributed by atoms with E-state index in [1.165, 1.54) is 5.56 Å². The molecule has 1 unspecified atom stereocenters. The van der Waals surface area contributed by atoms with Crippen molar-refractivity contribution in [3.05, 3.63) is 55.7 Å². The molecule has 0 amide bonds. The molecule has 1 N–H and O–H groups in total. The molecule has 0 spiro atoms. The van der Waals surface area contributed by atoms with Crippen molar-refractivity contribution in [3.8, 4) is 0 Å². The lowest BCUT2D eigenvalue weighted by Crippen LogP contribution is -2.23. The van der Waals surface area contributed by atoms with Crippen LogP contribution in [0.2, 0.25) is 10.0 Å². The van der Waals surface area contributed by atoms with Gasteiger partial charge in [0.25, 0.3) is 0 Å². The van der Waals surface area contributed by atoms with Crippen molar-refractivity contribution in [2.75, 3.05) is 6.54 Å². The van der Waals surface area contributed by atoms with E-state index in [1.807, 2.05) is 23.6 Å². The molecule has 4 heteroatoms. The third-order valence-corrected chi connectivity index (χ3v) is 4.96. The number of halogens is 2. The van der Waals surface area contributed by atoms with Crippen molar-refractivity contribution in [1.29, 1.82) is 0 Å². The highest BCUT2D eigenvalue weighted by atomic mass is 35.5. The fraction of sp³-hybridized carbons (Fsp3) is 0.333. The van der Waals surface area contributed by atoms with Gasteiger partial charge in [0, 0.05) is 9.90 Å². The largest absolute Gasteiger partial charge is 0.306 e. The van der Waals surface area contributed by atoms with Crippen molar-refractivity contribution in [3.63, 3.8) is 0 Å². The van der Waals surface area contributed by atoms with Gasteiger partial charge < -0.3 is 5.32 Å². The maximum atomic E-state index is 6.29. The van der Waals surface area contributed by atoms with E-state index in [0.29, 0.717) is 0 Å². The van der Waals surface area contributed by atoms with Crippen LogP contribution in [0.5, 0.6) is 0 Å². The maximum Gasteiger partial charge on any atom is 0.0689 e. The summed E-state index contributed by atoms with van der Waals surface area (Å²) in [7, 11) is 0. The molecule has 0 radical (unpaired) electrons. The van der Waals surface area contributed by atoms with Gasteiger partial charge in [-0.2, -0.15) is 0 Å². The van der Waals surface area contributed by atoms with Crippen LogP contribution in [0.4, 0.5) is 0 Å². The van der Waals surface area contributed by atoms with E-state index in [9.17, 15) is 0 Å². The van der Waals surface area contributed by atoms with Gasteiger partial charge in [0.15, 0.2) is 0 Å². The minimum absolute atomic E-state index is 0.117. The third kappa shape index (κ3) is 3.32. The first-order valence-corrected chi connectivity index (χ1v) is 8.00. The molecule has 1 atom stereocenters. The van der Waals surface area contributed by atoms with E-state index in [1.54, 1.807) is 11.3 Å². The third-order valence-electron chi connectivity index (χ3n) is 3.13. The Labute approximate surface area is 128 Å². The number of hydrogen-bond donors (Lipinski definition) is 1. The molecule has 0 fully saturated rings. The molecule has 2 aromatic rings. The summed E-state index contributed by atoms with van der Waals surface area (Å²) in [6, 6.07) is 8.10. The molecule has 102 valence electrons. The number of hydrogen-bond acceptors (Lipinski definition) is 2. The zero-order valence-corrected chi connectivity index (χ0v) is 13.4. The monoisotopic (exact) mass is 313 g/mol. The molecule has 1 nitrogen and oxygen atoms in total. The lowest BCUT2D eigenvalue weighted by atomic mass is 10.00. The minimum Gasteiger partial charge on any atom is -0.306 e. The fourth-order valence-electron chi connectivity index (χ4n) is 2.08. The molecule has 0 aliphatic carbocycles. The topological polar surface area (TPSA) is 12.0 Å². The van der Waals surface area contributed by atoms with Gasteiger partial charge in [0.2, 0.25) is 0 Å². The molecule has 0 bridgehead atoms. The fourth-order valence-corrected chi connectivity index (χ4v) is 3.52. The number of thiophene rings is 1. The molecule has 0 aliphatic heterocycles. The zero-order chi connectivity index (χ0) is 13.8. The summed E-state index contributed by atoms with van der Waals surface area (Å²) in [6.45, 7) is 5.16. The second kappa shape index (κ2) is 6.76. The summed E-state index contributed by atoms with van der Waals surface area (Å²) < 4.78 is 0. The number of nitrogens with one attached hydrogen (secondary N) is 1. The molecule has 0 aliphatic rings. The highest BCUT2D eigenvalue weighted by Gasteiger charge is 2.20. The van der Waals surface area contributed by atoms with Gasteiger partial charge in [-0.1, -0.05) is 42.3 Å². The van der Waals surface area contributed by atoms with Crippen LogP contribution < -0.4 is 5.32 Å². The first-order chi connectivity index (χ1) is 9.15. The van der Waals surface area contributed by atoms with E-state index in [4.69, 9.17) is 23.2 Å². The number of benzene rings is 1. The molecule has 0 saturated carbocycles. The van der Waals surface area contributed by atoms with Gasteiger partial charge in [-0.25, -0.2) is 0 Å². The molecular weight excluding hydrogens is 297 g/mol. The van der Waals surface area contributed by atoms with Crippen LogP contribution in [-0.2, 0) is 0 Å². The van der Waals surface area contributed by atoms with Crippen molar-refractivity contribution < 1.29 is 0 Å². The second-order valence-corrected chi connectivity index (χ2v) is 6.24. The average molecular weight is 314 g/mol. The van der Waals surface area contributed by atoms with Crippen molar-refractivity contribution >= 4 is 34.5 Å². The van der Waals surface area contributed by atoms with E-state index in [-0.39, 0.29) is 6.04 Å². The number of rotatable bonds is 5.